The van der Waals surface area contributed by atoms with Crippen molar-refractivity contribution in [3.63, 3.8) is 0 Å². The van der Waals surface area contributed by atoms with Gasteiger partial charge in [0.15, 0.2) is 5.78 Å². The fraction of sp³-hybridized carbons (Fsp3) is 0.476. The third kappa shape index (κ3) is 4.25. The Morgan fingerprint density at radius 2 is 2.07 bits per heavy atom. The summed E-state index contributed by atoms with van der Waals surface area (Å²) in [5.74, 6) is -0.224. The molecule has 2 aliphatic heterocycles. The Kier molecular flexibility index (Phi) is 6.43. The maximum absolute atomic E-state index is 13.3. The molecular weight excluding hydrogens is 429 g/mol. The Morgan fingerprint density at radius 3 is 2.77 bits per heavy atom. The summed E-state index contributed by atoms with van der Waals surface area (Å²) in [5, 5.41) is 10.9. The molecule has 3 heterocycles. The Bertz CT molecular complexity index is 935. The number of halogens is 2. The summed E-state index contributed by atoms with van der Waals surface area (Å²) in [4.78, 5) is 25.8. The lowest BCUT2D eigenvalue weighted by Gasteiger charge is -2.14. The molecule has 2 saturated heterocycles. The van der Waals surface area contributed by atoms with Gasteiger partial charge in [-0.1, -0.05) is 34.4 Å². The molecule has 1 aromatic carbocycles. The zero-order valence-corrected chi connectivity index (χ0v) is 18.1. The molecule has 160 valence electrons. The summed E-state index contributed by atoms with van der Waals surface area (Å²) in [5.41, 5.74) is 1.16. The standard InChI is InChI=1S/C21H23Cl2N3O4/c1-11-17(19(26-30-11)18-14(22)5-2-6-15(18)23)20(27)12-8-16(24-9-12)21(28)25-10-13-4-3-7-29-13/h2,5-6,12-13,16,24H,3-4,7-10H2,1H3,(H,25,28). The minimum Gasteiger partial charge on any atom is -0.376 e. The zero-order chi connectivity index (χ0) is 21.3. The first-order valence-corrected chi connectivity index (χ1v) is 10.8. The van der Waals surface area contributed by atoms with Crippen molar-refractivity contribution in [1.82, 2.24) is 15.8 Å². The number of benzene rings is 1. The van der Waals surface area contributed by atoms with Gasteiger partial charge in [0.2, 0.25) is 5.91 Å². The van der Waals surface area contributed by atoms with Crippen molar-refractivity contribution in [2.24, 2.45) is 5.92 Å². The third-order valence-electron chi connectivity index (χ3n) is 5.65. The van der Waals surface area contributed by atoms with Crippen molar-refractivity contribution >= 4 is 34.9 Å². The number of aromatic nitrogens is 1. The van der Waals surface area contributed by atoms with Crippen LogP contribution in [0.5, 0.6) is 0 Å². The van der Waals surface area contributed by atoms with Crippen LogP contribution in [-0.2, 0) is 9.53 Å². The van der Waals surface area contributed by atoms with E-state index in [1.165, 1.54) is 0 Å². The van der Waals surface area contributed by atoms with Crippen molar-refractivity contribution in [2.75, 3.05) is 19.7 Å². The third-order valence-corrected chi connectivity index (χ3v) is 6.28. The van der Waals surface area contributed by atoms with E-state index in [1.54, 1.807) is 25.1 Å². The van der Waals surface area contributed by atoms with Gasteiger partial charge in [0.1, 0.15) is 11.5 Å². The molecule has 4 rings (SSSR count). The lowest BCUT2D eigenvalue weighted by atomic mass is 9.92. The highest BCUT2D eigenvalue weighted by molar-refractivity contribution is 6.39. The van der Waals surface area contributed by atoms with Crippen LogP contribution in [0.4, 0.5) is 0 Å². The summed E-state index contributed by atoms with van der Waals surface area (Å²) in [6.07, 6.45) is 2.46. The highest BCUT2D eigenvalue weighted by atomic mass is 35.5. The number of ether oxygens (including phenoxy) is 1. The smallest absolute Gasteiger partial charge is 0.237 e. The summed E-state index contributed by atoms with van der Waals surface area (Å²) < 4.78 is 10.8. The number of nitrogens with one attached hydrogen (secondary N) is 2. The molecule has 3 unspecified atom stereocenters. The van der Waals surface area contributed by atoms with Gasteiger partial charge in [-0.2, -0.15) is 0 Å². The van der Waals surface area contributed by atoms with Crippen LogP contribution in [0.3, 0.4) is 0 Å². The van der Waals surface area contributed by atoms with Gasteiger partial charge in [-0.15, -0.1) is 0 Å². The lowest BCUT2D eigenvalue weighted by molar-refractivity contribution is -0.123. The summed E-state index contributed by atoms with van der Waals surface area (Å²) >= 11 is 12.6. The number of Topliss-reactive ketones (excluding diaryl/α,β-unsaturated/α-hetero) is 1. The van der Waals surface area contributed by atoms with Crippen LogP contribution in [0.1, 0.15) is 35.4 Å². The Labute approximate surface area is 184 Å². The number of carbonyl (C=O) groups excluding carboxylic acids is 2. The largest absolute Gasteiger partial charge is 0.376 e. The van der Waals surface area contributed by atoms with Gasteiger partial charge in [0.25, 0.3) is 0 Å². The van der Waals surface area contributed by atoms with E-state index in [1.807, 2.05) is 0 Å². The van der Waals surface area contributed by atoms with Gasteiger partial charge >= 0.3 is 0 Å². The van der Waals surface area contributed by atoms with Gasteiger partial charge in [-0.05, 0) is 38.3 Å². The van der Waals surface area contributed by atoms with Crippen molar-refractivity contribution in [2.45, 2.75) is 38.3 Å². The molecule has 0 bridgehead atoms. The van der Waals surface area contributed by atoms with Crippen LogP contribution in [0, 0.1) is 12.8 Å². The second kappa shape index (κ2) is 9.06. The van der Waals surface area contributed by atoms with Gasteiger partial charge in [-0.3, -0.25) is 9.59 Å². The number of hydrogen-bond acceptors (Lipinski definition) is 6. The van der Waals surface area contributed by atoms with Crippen molar-refractivity contribution in [1.29, 1.82) is 0 Å². The number of amides is 1. The molecule has 0 spiro atoms. The van der Waals surface area contributed by atoms with Crippen molar-refractivity contribution in [3.8, 4) is 11.3 Å². The van der Waals surface area contributed by atoms with Crippen LogP contribution < -0.4 is 10.6 Å². The topological polar surface area (TPSA) is 93.5 Å². The van der Waals surface area contributed by atoms with Crippen molar-refractivity contribution < 1.29 is 18.8 Å². The average molecular weight is 452 g/mol. The van der Waals surface area contributed by atoms with E-state index < -0.39 is 6.04 Å². The first-order valence-electron chi connectivity index (χ1n) is 10.0. The Hall–Kier alpha value is -1.93. The average Bonchev–Trinajstić information content (AvgIpc) is 3.47. The molecule has 2 aliphatic rings. The fourth-order valence-electron chi connectivity index (χ4n) is 4.04. The van der Waals surface area contributed by atoms with Crippen LogP contribution in [0.15, 0.2) is 22.7 Å². The van der Waals surface area contributed by atoms with E-state index >= 15 is 0 Å². The van der Waals surface area contributed by atoms with E-state index in [0.717, 1.165) is 19.4 Å². The number of ketones is 1. The monoisotopic (exact) mass is 451 g/mol. The van der Waals surface area contributed by atoms with E-state index in [4.69, 9.17) is 32.5 Å². The molecule has 2 fully saturated rings. The quantitative estimate of drug-likeness (QED) is 0.653. The first kappa shape index (κ1) is 21.3. The number of hydrogen-bond donors (Lipinski definition) is 2. The molecule has 3 atom stereocenters. The first-order chi connectivity index (χ1) is 14.5. The summed E-state index contributed by atoms with van der Waals surface area (Å²) in [6, 6.07) is 4.68. The van der Waals surface area contributed by atoms with Crippen LogP contribution >= 0.6 is 23.2 Å². The maximum Gasteiger partial charge on any atom is 0.237 e. The minimum atomic E-state index is -0.423. The lowest BCUT2D eigenvalue weighted by Crippen LogP contribution is -2.43. The highest BCUT2D eigenvalue weighted by Gasteiger charge is 2.37. The summed E-state index contributed by atoms with van der Waals surface area (Å²) in [7, 11) is 0. The molecule has 1 aromatic heterocycles. The van der Waals surface area contributed by atoms with Crippen LogP contribution in [-0.4, -0.2) is 48.7 Å². The van der Waals surface area contributed by atoms with Crippen LogP contribution in [0.25, 0.3) is 11.3 Å². The predicted molar refractivity (Wildman–Crippen MR) is 113 cm³/mol. The normalized spacial score (nSPS) is 23.6. The van der Waals surface area contributed by atoms with E-state index in [2.05, 4.69) is 15.8 Å². The molecule has 9 heteroatoms. The summed E-state index contributed by atoms with van der Waals surface area (Å²) in [6.45, 7) is 3.32. The number of nitrogens with zero attached hydrogens (tertiary/aromatic N) is 1. The maximum atomic E-state index is 13.3. The van der Waals surface area contributed by atoms with Gasteiger partial charge < -0.3 is 19.9 Å². The zero-order valence-electron chi connectivity index (χ0n) is 16.5. The minimum absolute atomic E-state index is 0.0790. The van der Waals surface area contributed by atoms with Crippen LogP contribution in [0.2, 0.25) is 10.0 Å². The number of rotatable bonds is 6. The molecule has 2 aromatic rings. The SMILES string of the molecule is Cc1onc(-c2c(Cl)cccc2Cl)c1C(=O)C1CNC(C(=O)NCC2CCCO2)C1. The van der Waals surface area contributed by atoms with E-state index in [0.29, 0.717) is 52.1 Å². The molecule has 0 aliphatic carbocycles. The van der Waals surface area contributed by atoms with Gasteiger partial charge in [0.05, 0.1) is 27.8 Å². The molecule has 2 N–H and O–H groups in total. The van der Waals surface area contributed by atoms with E-state index in [9.17, 15) is 9.59 Å². The Morgan fingerprint density at radius 1 is 1.30 bits per heavy atom. The molecule has 7 nitrogen and oxygen atoms in total. The highest BCUT2D eigenvalue weighted by Crippen LogP contribution is 2.38. The molecule has 0 saturated carbocycles. The second-order valence-corrected chi connectivity index (χ2v) is 8.51. The molecule has 0 radical (unpaired) electrons. The molecule has 30 heavy (non-hydrogen) atoms. The van der Waals surface area contributed by atoms with Gasteiger partial charge in [0, 0.05) is 31.2 Å². The van der Waals surface area contributed by atoms with E-state index in [-0.39, 0.29) is 23.7 Å². The second-order valence-electron chi connectivity index (χ2n) is 7.70. The van der Waals surface area contributed by atoms with Gasteiger partial charge in [-0.25, -0.2) is 0 Å². The fourth-order valence-corrected chi connectivity index (χ4v) is 4.62. The predicted octanol–water partition coefficient (Wildman–Crippen LogP) is 3.41. The molecule has 1 amide bonds. The van der Waals surface area contributed by atoms with Crippen molar-refractivity contribution in [3.05, 3.63) is 39.6 Å². The number of carbonyl (C=O) groups is 2. The Balaban J connectivity index is 1.47. The molecular formula is C21H23Cl2N3O4. The number of aryl methyl sites for hydroxylation is 1.